The highest BCUT2D eigenvalue weighted by Crippen LogP contribution is 2.23. The standard InChI is InChI=1S/C25H23NO4/c1-15-5-8-20(9-6-15)26-17(3)12-22(18(26)4)25(28)29-14-19-13-24(27)30-23-11-16(2)7-10-21(19)23/h5-13H,14H2,1-4H3. The molecule has 0 bridgehead atoms. The van der Waals surface area contributed by atoms with Gasteiger partial charge in [0.15, 0.2) is 0 Å². The highest BCUT2D eigenvalue weighted by molar-refractivity contribution is 5.91. The van der Waals surface area contributed by atoms with Crippen LogP contribution in [-0.2, 0) is 11.3 Å². The second kappa shape index (κ2) is 7.67. The molecule has 0 aliphatic heterocycles. The third kappa shape index (κ3) is 3.66. The molecule has 4 aromatic rings. The summed E-state index contributed by atoms with van der Waals surface area (Å²) in [6, 6.07) is 17.0. The van der Waals surface area contributed by atoms with Gasteiger partial charge >= 0.3 is 11.6 Å². The molecule has 0 atom stereocenters. The number of aromatic nitrogens is 1. The number of ether oxygens (including phenoxy) is 1. The minimum absolute atomic E-state index is 0.00179. The molecule has 0 aliphatic carbocycles. The van der Waals surface area contributed by atoms with Gasteiger partial charge in [0.05, 0.1) is 5.56 Å². The number of benzene rings is 2. The number of esters is 1. The zero-order valence-corrected chi connectivity index (χ0v) is 17.5. The number of fused-ring (bicyclic) bond motifs is 1. The fraction of sp³-hybridized carbons (Fsp3) is 0.200. The number of carbonyl (C=O) groups is 1. The van der Waals surface area contributed by atoms with Gasteiger partial charge in [0.1, 0.15) is 12.2 Å². The molecule has 5 nitrogen and oxygen atoms in total. The fourth-order valence-corrected chi connectivity index (χ4v) is 3.74. The van der Waals surface area contributed by atoms with Gasteiger partial charge in [0.25, 0.3) is 0 Å². The van der Waals surface area contributed by atoms with E-state index < -0.39 is 11.6 Å². The van der Waals surface area contributed by atoms with Gasteiger partial charge in [-0.15, -0.1) is 0 Å². The number of hydrogen-bond acceptors (Lipinski definition) is 4. The molecule has 152 valence electrons. The van der Waals surface area contributed by atoms with Crippen molar-refractivity contribution in [1.82, 2.24) is 4.57 Å². The summed E-state index contributed by atoms with van der Waals surface area (Å²) in [7, 11) is 0. The first-order valence-corrected chi connectivity index (χ1v) is 9.80. The molecule has 2 aromatic heterocycles. The summed E-state index contributed by atoms with van der Waals surface area (Å²) in [5, 5.41) is 0.762. The van der Waals surface area contributed by atoms with Crippen molar-refractivity contribution in [3.63, 3.8) is 0 Å². The number of aryl methyl sites for hydroxylation is 3. The van der Waals surface area contributed by atoms with E-state index >= 15 is 0 Å². The Bertz CT molecular complexity index is 1310. The van der Waals surface area contributed by atoms with Crippen molar-refractivity contribution in [2.24, 2.45) is 0 Å². The summed E-state index contributed by atoms with van der Waals surface area (Å²) in [4.78, 5) is 24.7. The minimum Gasteiger partial charge on any atom is -0.457 e. The lowest BCUT2D eigenvalue weighted by molar-refractivity contribution is 0.0473. The van der Waals surface area contributed by atoms with Gasteiger partial charge in [-0.1, -0.05) is 29.8 Å². The topological polar surface area (TPSA) is 61.4 Å². The molecule has 0 spiro atoms. The molecule has 4 rings (SSSR count). The molecular weight excluding hydrogens is 378 g/mol. The zero-order chi connectivity index (χ0) is 21.4. The van der Waals surface area contributed by atoms with E-state index in [9.17, 15) is 9.59 Å². The average Bonchev–Trinajstić information content (AvgIpc) is 3.00. The minimum atomic E-state index is -0.461. The van der Waals surface area contributed by atoms with Crippen LogP contribution in [0.2, 0.25) is 0 Å². The largest absolute Gasteiger partial charge is 0.457 e. The summed E-state index contributed by atoms with van der Waals surface area (Å²) in [6.07, 6.45) is 0. The van der Waals surface area contributed by atoms with E-state index in [0.29, 0.717) is 16.7 Å². The molecule has 0 saturated heterocycles. The van der Waals surface area contributed by atoms with E-state index in [1.165, 1.54) is 11.6 Å². The Kier molecular flexibility index (Phi) is 5.04. The maximum atomic E-state index is 12.8. The van der Waals surface area contributed by atoms with Gasteiger partial charge in [-0.2, -0.15) is 0 Å². The second-order valence-corrected chi connectivity index (χ2v) is 7.62. The van der Waals surface area contributed by atoms with E-state index in [4.69, 9.17) is 9.15 Å². The normalized spacial score (nSPS) is 11.1. The molecule has 30 heavy (non-hydrogen) atoms. The monoisotopic (exact) mass is 401 g/mol. The van der Waals surface area contributed by atoms with Crippen LogP contribution >= 0.6 is 0 Å². The molecule has 0 amide bonds. The lowest BCUT2D eigenvalue weighted by Gasteiger charge is -2.11. The quantitative estimate of drug-likeness (QED) is 0.349. The van der Waals surface area contributed by atoms with Gasteiger partial charge in [0, 0.05) is 34.1 Å². The number of nitrogens with zero attached hydrogens (tertiary/aromatic N) is 1. The molecule has 0 fully saturated rings. The van der Waals surface area contributed by atoms with E-state index in [1.54, 1.807) is 6.07 Å². The Balaban J connectivity index is 1.61. The third-order valence-electron chi connectivity index (χ3n) is 5.29. The summed E-state index contributed by atoms with van der Waals surface area (Å²) < 4.78 is 12.9. The van der Waals surface area contributed by atoms with Crippen LogP contribution in [0, 0.1) is 27.7 Å². The second-order valence-electron chi connectivity index (χ2n) is 7.62. The SMILES string of the molecule is Cc1ccc(-n2c(C)cc(C(=O)OCc3cc(=O)oc4cc(C)ccc34)c2C)cc1. The van der Waals surface area contributed by atoms with Crippen LogP contribution in [0.5, 0.6) is 0 Å². The Morgan fingerprint density at radius 3 is 2.37 bits per heavy atom. The number of carbonyl (C=O) groups excluding carboxylic acids is 1. The van der Waals surface area contributed by atoms with Crippen molar-refractivity contribution in [3.8, 4) is 5.69 Å². The number of hydrogen-bond donors (Lipinski definition) is 0. The molecule has 2 heterocycles. The Labute approximate surface area is 174 Å². The van der Waals surface area contributed by atoms with E-state index in [-0.39, 0.29) is 6.61 Å². The van der Waals surface area contributed by atoms with Crippen molar-refractivity contribution in [1.29, 1.82) is 0 Å². The average molecular weight is 401 g/mol. The number of rotatable bonds is 4. The fourth-order valence-electron chi connectivity index (χ4n) is 3.74. The van der Waals surface area contributed by atoms with E-state index in [2.05, 4.69) is 0 Å². The molecule has 0 aliphatic rings. The van der Waals surface area contributed by atoms with Gasteiger partial charge in [-0.25, -0.2) is 9.59 Å². The molecule has 0 radical (unpaired) electrons. The van der Waals surface area contributed by atoms with Crippen molar-refractivity contribution in [3.05, 3.63) is 98.7 Å². The van der Waals surface area contributed by atoms with Gasteiger partial charge in [-0.3, -0.25) is 0 Å². The maximum absolute atomic E-state index is 12.8. The third-order valence-corrected chi connectivity index (χ3v) is 5.29. The summed E-state index contributed by atoms with van der Waals surface area (Å²) in [6.45, 7) is 7.83. The molecule has 0 unspecified atom stereocenters. The van der Waals surface area contributed by atoms with Crippen LogP contribution in [0.25, 0.3) is 16.7 Å². The molecular formula is C25H23NO4. The van der Waals surface area contributed by atoms with Gasteiger partial charge in [-0.05, 0) is 57.5 Å². The molecule has 0 saturated carbocycles. The van der Waals surface area contributed by atoms with Crippen LogP contribution < -0.4 is 5.63 Å². The predicted molar refractivity (Wildman–Crippen MR) is 116 cm³/mol. The smallest absolute Gasteiger partial charge is 0.340 e. The van der Waals surface area contributed by atoms with E-state index in [0.717, 1.165) is 28.0 Å². The highest BCUT2D eigenvalue weighted by Gasteiger charge is 2.18. The molecule has 2 aromatic carbocycles. The summed E-state index contributed by atoms with van der Waals surface area (Å²) in [5.74, 6) is -0.421. The molecule has 0 N–H and O–H groups in total. The van der Waals surface area contributed by atoms with Crippen molar-refractivity contribution in [2.45, 2.75) is 34.3 Å². The van der Waals surface area contributed by atoms with Crippen LogP contribution in [0.15, 0.2) is 63.8 Å². The van der Waals surface area contributed by atoms with Crippen LogP contribution in [0.4, 0.5) is 0 Å². The first-order chi connectivity index (χ1) is 14.3. The summed E-state index contributed by atoms with van der Waals surface area (Å²) in [5.41, 5.74) is 6.09. The highest BCUT2D eigenvalue weighted by atomic mass is 16.5. The van der Waals surface area contributed by atoms with Gasteiger partial charge < -0.3 is 13.7 Å². The van der Waals surface area contributed by atoms with Crippen molar-refractivity contribution in [2.75, 3.05) is 0 Å². The van der Waals surface area contributed by atoms with Gasteiger partial charge in [0.2, 0.25) is 0 Å². The van der Waals surface area contributed by atoms with Crippen LogP contribution in [-0.4, -0.2) is 10.5 Å². The lowest BCUT2D eigenvalue weighted by atomic mass is 10.1. The molecule has 5 heteroatoms. The van der Waals surface area contributed by atoms with Crippen molar-refractivity contribution >= 4 is 16.9 Å². The van der Waals surface area contributed by atoms with E-state index in [1.807, 2.05) is 74.7 Å². The Morgan fingerprint density at radius 2 is 1.63 bits per heavy atom. The Morgan fingerprint density at radius 1 is 0.933 bits per heavy atom. The Hall–Kier alpha value is -3.60. The lowest BCUT2D eigenvalue weighted by Crippen LogP contribution is -2.09. The zero-order valence-electron chi connectivity index (χ0n) is 17.5. The first-order valence-electron chi connectivity index (χ1n) is 9.80. The maximum Gasteiger partial charge on any atom is 0.340 e. The van der Waals surface area contributed by atoms with Crippen molar-refractivity contribution < 1.29 is 13.9 Å². The summed E-state index contributed by atoms with van der Waals surface area (Å²) >= 11 is 0. The first kappa shape index (κ1) is 19.7. The van der Waals surface area contributed by atoms with Crippen LogP contribution in [0.3, 0.4) is 0 Å². The van der Waals surface area contributed by atoms with Crippen LogP contribution in [0.1, 0.15) is 38.4 Å². The predicted octanol–water partition coefficient (Wildman–Crippen LogP) is 5.17.